The van der Waals surface area contributed by atoms with Crippen molar-refractivity contribution in [3.05, 3.63) is 53.0 Å². The first-order valence-corrected chi connectivity index (χ1v) is 14.9. The second-order valence-electron chi connectivity index (χ2n) is 11.5. The fourth-order valence-electron chi connectivity index (χ4n) is 6.33. The number of nitrogens with one attached hydrogen (secondary N) is 1. The number of amides is 3. The van der Waals surface area contributed by atoms with E-state index in [1.54, 1.807) is 34.1 Å². The highest BCUT2D eigenvalue weighted by molar-refractivity contribution is 6.05. The Balaban J connectivity index is 1.03. The van der Waals surface area contributed by atoms with Crippen molar-refractivity contribution in [2.75, 3.05) is 74.2 Å². The summed E-state index contributed by atoms with van der Waals surface area (Å²) in [5, 5.41) is 18.4. The van der Waals surface area contributed by atoms with E-state index >= 15 is 0 Å². The third kappa shape index (κ3) is 6.16. The number of benzene rings is 1. The zero-order valence-electron chi connectivity index (χ0n) is 25.0. The molecule has 3 fully saturated rings. The molecular formula is C30H37N9O5. The van der Waals surface area contributed by atoms with E-state index in [4.69, 9.17) is 4.74 Å². The van der Waals surface area contributed by atoms with Crippen molar-refractivity contribution in [3.63, 3.8) is 0 Å². The third-order valence-electron chi connectivity index (χ3n) is 8.78. The molecule has 2 aromatic heterocycles. The van der Waals surface area contributed by atoms with Crippen LogP contribution in [0.1, 0.15) is 19.3 Å². The van der Waals surface area contributed by atoms with E-state index in [9.17, 15) is 19.7 Å². The number of carbonyl (C=O) groups excluding carboxylic acids is 2. The van der Waals surface area contributed by atoms with Gasteiger partial charge in [-0.15, -0.1) is 0 Å². The minimum Gasteiger partial charge on any atom is -0.490 e. The number of aryl methyl sites for hydroxylation is 1. The van der Waals surface area contributed by atoms with Crippen LogP contribution in [0.2, 0.25) is 0 Å². The van der Waals surface area contributed by atoms with Gasteiger partial charge in [-0.1, -0.05) is 0 Å². The van der Waals surface area contributed by atoms with E-state index in [-0.39, 0.29) is 23.8 Å². The number of hydrogen-bond donors (Lipinski definition) is 1. The lowest BCUT2D eigenvalue weighted by atomic mass is 9.94. The average molecular weight is 604 g/mol. The van der Waals surface area contributed by atoms with Gasteiger partial charge in [0.05, 0.1) is 30.1 Å². The van der Waals surface area contributed by atoms with Gasteiger partial charge in [0.2, 0.25) is 5.91 Å². The van der Waals surface area contributed by atoms with Gasteiger partial charge in [0.1, 0.15) is 5.82 Å². The molecule has 5 heterocycles. The first-order valence-electron chi connectivity index (χ1n) is 14.9. The summed E-state index contributed by atoms with van der Waals surface area (Å²) in [4.78, 5) is 48.2. The van der Waals surface area contributed by atoms with Gasteiger partial charge in [0.25, 0.3) is 0 Å². The monoisotopic (exact) mass is 603 g/mol. The van der Waals surface area contributed by atoms with Gasteiger partial charge in [-0.3, -0.25) is 34.7 Å². The number of carbonyl (C=O) groups is 2. The molecule has 3 aliphatic rings. The van der Waals surface area contributed by atoms with Crippen LogP contribution in [0.15, 0.2) is 42.9 Å². The van der Waals surface area contributed by atoms with Gasteiger partial charge < -0.3 is 14.5 Å². The number of rotatable bonds is 8. The molecule has 14 nitrogen and oxygen atoms in total. The fourth-order valence-corrected chi connectivity index (χ4v) is 6.33. The maximum absolute atomic E-state index is 12.1. The maximum Gasteiger partial charge on any atom is 0.328 e. The lowest BCUT2D eigenvalue weighted by molar-refractivity contribution is -0.385. The minimum atomic E-state index is -0.406. The number of piperidine rings is 1. The van der Waals surface area contributed by atoms with Crippen molar-refractivity contribution in [1.82, 2.24) is 25.0 Å². The number of hydrogen-bond acceptors (Lipinski definition) is 10. The Hall–Kier alpha value is -4.72. The van der Waals surface area contributed by atoms with Crippen LogP contribution >= 0.6 is 0 Å². The van der Waals surface area contributed by atoms with Gasteiger partial charge in [-0.05, 0) is 30.9 Å². The van der Waals surface area contributed by atoms with Crippen LogP contribution in [0.3, 0.4) is 0 Å². The summed E-state index contributed by atoms with van der Waals surface area (Å²) >= 11 is 0. The number of nitrogens with zero attached hydrogens (tertiary/aromatic N) is 8. The molecule has 0 atom stereocenters. The second-order valence-corrected chi connectivity index (χ2v) is 11.5. The molecule has 44 heavy (non-hydrogen) atoms. The molecule has 0 unspecified atom stereocenters. The largest absolute Gasteiger partial charge is 0.490 e. The number of ether oxygens (including phenoxy) is 1. The zero-order chi connectivity index (χ0) is 30.8. The molecule has 1 N–H and O–H groups in total. The van der Waals surface area contributed by atoms with Crippen LogP contribution in [0.25, 0.3) is 11.1 Å². The lowest BCUT2D eigenvalue weighted by Gasteiger charge is -2.40. The standard InChI is InChI=1S/C30H37N9O5/c1-34-20-22(17-32-34)24-15-26(39(42)43)27(44-2)16-25(24)36-8-5-21(6-9-36)19-35-11-13-37(14-12-35)28-4-3-23(18-31-28)38-10-7-29(40)33-30(38)41/h3-4,15-18,20-21H,5-14,19H2,1-2H3,(H,33,40,41). The number of aromatic nitrogens is 3. The molecule has 3 aliphatic heterocycles. The molecular weight excluding hydrogens is 566 g/mol. The van der Waals surface area contributed by atoms with Gasteiger partial charge >= 0.3 is 11.7 Å². The molecule has 3 aromatic rings. The van der Waals surface area contributed by atoms with Crippen molar-refractivity contribution in [2.45, 2.75) is 19.3 Å². The van der Waals surface area contributed by atoms with Gasteiger partial charge in [-0.25, -0.2) is 9.78 Å². The van der Waals surface area contributed by atoms with Crippen LogP contribution in [0.4, 0.5) is 27.7 Å². The number of imide groups is 1. The minimum absolute atomic E-state index is 0.0534. The van der Waals surface area contributed by atoms with E-state index in [1.165, 1.54) is 7.11 Å². The normalized spacial score (nSPS) is 18.5. The summed E-state index contributed by atoms with van der Waals surface area (Å²) in [5.74, 6) is 1.47. The first kappa shape index (κ1) is 29.4. The number of pyridine rings is 1. The summed E-state index contributed by atoms with van der Waals surface area (Å²) in [5.41, 5.74) is 3.19. The highest BCUT2D eigenvalue weighted by Crippen LogP contribution is 2.41. The Morgan fingerprint density at radius 1 is 1.02 bits per heavy atom. The van der Waals surface area contributed by atoms with Crippen molar-refractivity contribution in [2.24, 2.45) is 13.0 Å². The molecule has 3 saturated heterocycles. The number of urea groups is 1. The van der Waals surface area contributed by atoms with Crippen LogP contribution in [0, 0.1) is 16.0 Å². The summed E-state index contributed by atoms with van der Waals surface area (Å²) in [6.07, 6.45) is 7.66. The Kier molecular flexibility index (Phi) is 8.33. The SMILES string of the molecule is COc1cc(N2CCC(CN3CCN(c4ccc(N5CCC(=O)NC5=O)cn4)CC3)CC2)c(-c2cnn(C)c2)cc1[N+](=O)[O-]. The van der Waals surface area contributed by atoms with Gasteiger partial charge in [-0.2, -0.15) is 5.10 Å². The van der Waals surface area contributed by atoms with Crippen molar-refractivity contribution >= 4 is 34.8 Å². The summed E-state index contributed by atoms with van der Waals surface area (Å²) in [6, 6.07) is 6.82. The molecule has 0 spiro atoms. The van der Waals surface area contributed by atoms with Crippen molar-refractivity contribution in [1.29, 1.82) is 0 Å². The first-order chi connectivity index (χ1) is 21.3. The maximum atomic E-state index is 12.1. The number of piperazine rings is 1. The van der Waals surface area contributed by atoms with Gasteiger partial charge in [0, 0.05) is 101 Å². The molecule has 0 bridgehead atoms. The van der Waals surface area contributed by atoms with Crippen LogP contribution in [-0.2, 0) is 11.8 Å². The Morgan fingerprint density at radius 2 is 1.80 bits per heavy atom. The summed E-state index contributed by atoms with van der Waals surface area (Å²) in [7, 11) is 3.30. The molecule has 0 saturated carbocycles. The molecule has 0 aliphatic carbocycles. The summed E-state index contributed by atoms with van der Waals surface area (Å²) in [6.45, 7) is 6.77. The van der Waals surface area contributed by atoms with E-state index in [0.29, 0.717) is 18.2 Å². The van der Waals surface area contributed by atoms with E-state index in [1.807, 2.05) is 25.4 Å². The van der Waals surface area contributed by atoms with E-state index in [2.05, 4.69) is 30.1 Å². The lowest BCUT2D eigenvalue weighted by Crippen LogP contribution is -2.50. The Bertz CT molecular complexity index is 1530. The highest BCUT2D eigenvalue weighted by atomic mass is 16.6. The highest BCUT2D eigenvalue weighted by Gasteiger charge is 2.29. The zero-order valence-corrected chi connectivity index (χ0v) is 25.0. The van der Waals surface area contributed by atoms with E-state index in [0.717, 1.165) is 81.3 Å². The van der Waals surface area contributed by atoms with Crippen molar-refractivity contribution in [3.8, 4) is 16.9 Å². The second kappa shape index (κ2) is 12.5. The molecule has 1 aromatic carbocycles. The predicted octanol–water partition coefficient (Wildman–Crippen LogP) is 2.88. The summed E-state index contributed by atoms with van der Waals surface area (Å²) < 4.78 is 7.10. The number of anilines is 3. The van der Waals surface area contributed by atoms with Crippen LogP contribution in [-0.4, -0.2) is 96.0 Å². The van der Waals surface area contributed by atoms with Crippen molar-refractivity contribution < 1.29 is 19.2 Å². The Morgan fingerprint density at radius 3 is 2.41 bits per heavy atom. The van der Waals surface area contributed by atoms with Crippen LogP contribution < -0.4 is 24.8 Å². The van der Waals surface area contributed by atoms with Crippen LogP contribution in [0.5, 0.6) is 5.75 Å². The fraction of sp³-hybridized carbons (Fsp3) is 0.467. The molecule has 0 radical (unpaired) electrons. The molecule has 6 rings (SSSR count). The number of nitro groups is 1. The Labute approximate surface area is 255 Å². The topological polar surface area (TPSA) is 142 Å². The predicted molar refractivity (Wildman–Crippen MR) is 165 cm³/mol. The number of methoxy groups -OCH3 is 1. The average Bonchev–Trinajstić information content (AvgIpc) is 3.47. The van der Waals surface area contributed by atoms with Gasteiger partial charge in [0.15, 0.2) is 5.75 Å². The smallest absolute Gasteiger partial charge is 0.328 e. The molecule has 14 heteroatoms. The molecule has 232 valence electrons. The quantitative estimate of drug-likeness (QED) is 0.302. The number of nitro benzene ring substituents is 1. The molecule has 3 amide bonds. The third-order valence-corrected chi connectivity index (χ3v) is 8.78. The van der Waals surface area contributed by atoms with E-state index < -0.39 is 11.0 Å².